The molecule has 0 fully saturated rings. The molecule has 0 saturated carbocycles. The lowest BCUT2D eigenvalue weighted by Crippen LogP contribution is -2.28. The molecule has 0 aromatic heterocycles. The van der Waals surface area contributed by atoms with Crippen LogP contribution in [0, 0.1) is 0 Å². The van der Waals surface area contributed by atoms with E-state index in [-0.39, 0.29) is 17.9 Å². The number of ether oxygens (including phenoxy) is 3. The van der Waals surface area contributed by atoms with Crippen LogP contribution in [0.2, 0.25) is 0 Å². The summed E-state index contributed by atoms with van der Waals surface area (Å²) in [5.74, 6) is -1.56. The molecule has 122 valence electrons. The molecule has 0 N–H and O–H groups in total. The second kappa shape index (κ2) is 9.02. The van der Waals surface area contributed by atoms with Crippen molar-refractivity contribution in [1.29, 1.82) is 0 Å². The fourth-order valence-corrected chi connectivity index (χ4v) is 1.76. The van der Waals surface area contributed by atoms with Gasteiger partial charge in [-0.1, -0.05) is 6.92 Å². The van der Waals surface area contributed by atoms with Crippen LogP contribution < -0.4 is 9.47 Å². The normalized spacial score (nSPS) is 11.6. The van der Waals surface area contributed by atoms with Crippen molar-refractivity contribution in [1.82, 2.24) is 0 Å². The number of ketones is 1. The zero-order chi connectivity index (χ0) is 16.5. The van der Waals surface area contributed by atoms with Crippen molar-refractivity contribution in [2.75, 3.05) is 19.8 Å². The van der Waals surface area contributed by atoms with Crippen molar-refractivity contribution < 1.29 is 28.2 Å². The van der Waals surface area contributed by atoms with E-state index < -0.39 is 17.9 Å². The summed E-state index contributed by atoms with van der Waals surface area (Å²) >= 11 is 0. The van der Waals surface area contributed by atoms with Crippen LogP contribution >= 0.6 is 0 Å². The third-order valence-corrected chi connectivity index (χ3v) is 2.71. The van der Waals surface area contributed by atoms with E-state index in [1.54, 1.807) is 26.8 Å². The standard InChI is InChI=1S/C16H21FO5/c1-4-9-22-16(19)14(17)15(18)12-10-11(20-5-2)7-8-13(12)21-6-3/h7-8,10,14H,4-6,9H2,1-3H3. The minimum Gasteiger partial charge on any atom is -0.494 e. The molecule has 0 spiro atoms. The van der Waals surface area contributed by atoms with Gasteiger partial charge in [-0.05, 0) is 38.5 Å². The molecule has 0 aliphatic heterocycles. The fourth-order valence-electron chi connectivity index (χ4n) is 1.76. The highest BCUT2D eigenvalue weighted by Crippen LogP contribution is 2.26. The molecule has 1 unspecified atom stereocenters. The monoisotopic (exact) mass is 312 g/mol. The number of benzene rings is 1. The van der Waals surface area contributed by atoms with Gasteiger partial charge in [-0.2, -0.15) is 0 Å². The lowest BCUT2D eigenvalue weighted by Gasteiger charge is -2.13. The first-order chi connectivity index (χ1) is 10.5. The maximum absolute atomic E-state index is 14.0. The highest BCUT2D eigenvalue weighted by Gasteiger charge is 2.31. The van der Waals surface area contributed by atoms with Gasteiger partial charge >= 0.3 is 5.97 Å². The first kappa shape index (κ1) is 17.9. The van der Waals surface area contributed by atoms with Crippen LogP contribution in [0.3, 0.4) is 0 Å². The Labute approximate surface area is 129 Å². The van der Waals surface area contributed by atoms with Crippen LogP contribution in [-0.2, 0) is 9.53 Å². The van der Waals surface area contributed by atoms with Gasteiger partial charge in [0.1, 0.15) is 11.5 Å². The van der Waals surface area contributed by atoms with Crippen molar-refractivity contribution in [2.24, 2.45) is 0 Å². The SMILES string of the molecule is CCCOC(=O)C(F)C(=O)c1cc(OCC)ccc1OCC. The maximum Gasteiger partial charge on any atom is 0.349 e. The molecule has 1 rings (SSSR count). The van der Waals surface area contributed by atoms with Gasteiger partial charge in [-0.3, -0.25) is 4.79 Å². The first-order valence-electron chi connectivity index (χ1n) is 7.29. The summed E-state index contributed by atoms with van der Waals surface area (Å²) in [6, 6.07) is 4.51. The summed E-state index contributed by atoms with van der Waals surface area (Å²) in [4.78, 5) is 23.7. The van der Waals surface area contributed by atoms with Crippen LogP contribution in [0.5, 0.6) is 11.5 Å². The smallest absolute Gasteiger partial charge is 0.349 e. The molecule has 22 heavy (non-hydrogen) atoms. The van der Waals surface area contributed by atoms with E-state index in [0.29, 0.717) is 25.4 Å². The van der Waals surface area contributed by atoms with Gasteiger partial charge in [0.2, 0.25) is 5.78 Å². The van der Waals surface area contributed by atoms with E-state index in [1.165, 1.54) is 12.1 Å². The Kier molecular flexibility index (Phi) is 7.36. The Morgan fingerprint density at radius 1 is 1.14 bits per heavy atom. The fraction of sp³-hybridized carbons (Fsp3) is 0.500. The van der Waals surface area contributed by atoms with Gasteiger partial charge in [0.05, 0.1) is 25.4 Å². The van der Waals surface area contributed by atoms with Crippen molar-refractivity contribution >= 4 is 11.8 Å². The summed E-state index contributed by atoms with van der Waals surface area (Å²) < 4.78 is 29.3. The third-order valence-electron chi connectivity index (χ3n) is 2.71. The average Bonchev–Trinajstić information content (AvgIpc) is 2.53. The Bertz CT molecular complexity index is 515. The summed E-state index contributed by atoms with van der Waals surface area (Å²) in [5, 5.41) is 0. The Morgan fingerprint density at radius 2 is 1.82 bits per heavy atom. The quantitative estimate of drug-likeness (QED) is 0.398. The number of carbonyl (C=O) groups is 2. The molecular formula is C16H21FO5. The molecular weight excluding hydrogens is 291 g/mol. The van der Waals surface area contributed by atoms with E-state index in [0.717, 1.165) is 0 Å². The van der Waals surface area contributed by atoms with Crippen LogP contribution in [0.25, 0.3) is 0 Å². The molecule has 0 saturated heterocycles. The molecule has 1 atom stereocenters. The molecule has 0 amide bonds. The summed E-state index contributed by atoms with van der Waals surface area (Å²) in [5.41, 5.74) is -0.0336. The van der Waals surface area contributed by atoms with Gasteiger partial charge in [0, 0.05) is 0 Å². The molecule has 0 radical (unpaired) electrons. The summed E-state index contributed by atoms with van der Waals surface area (Å²) in [6.07, 6.45) is -1.82. The van der Waals surface area contributed by atoms with E-state index in [9.17, 15) is 14.0 Å². The van der Waals surface area contributed by atoms with Crippen LogP contribution in [-0.4, -0.2) is 37.7 Å². The van der Waals surface area contributed by atoms with Crippen molar-refractivity contribution in [3.8, 4) is 11.5 Å². The Hall–Kier alpha value is -2.11. The maximum atomic E-state index is 14.0. The lowest BCUT2D eigenvalue weighted by molar-refractivity contribution is -0.147. The zero-order valence-electron chi connectivity index (χ0n) is 13.1. The predicted octanol–water partition coefficient (Wildman–Crippen LogP) is 2.96. The number of esters is 1. The first-order valence-corrected chi connectivity index (χ1v) is 7.29. The molecule has 6 heteroatoms. The largest absolute Gasteiger partial charge is 0.494 e. The highest BCUT2D eigenvalue weighted by molar-refractivity contribution is 6.12. The predicted molar refractivity (Wildman–Crippen MR) is 79.3 cm³/mol. The van der Waals surface area contributed by atoms with E-state index >= 15 is 0 Å². The third kappa shape index (κ3) is 4.72. The molecule has 1 aromatic rings. The van der Waals surface area contributed by atoms with Gasteiger partial charge in [0.25, 0.3) is 6.17 Å². The number of rotatable bonds is 9. The minimum atomic E-state index is -2.37. The molecule has 0 aliphatic rings. The van der Waals surface area contributed by atoms with Crippen LogP contribution in [0.4, 0.5) is 4.39 Å². The van der Waals surface area contributed by atoms with Gasteiger partial charge in [0.15, 0.2) is 0 Å². The summed E-state index contributed by atoms with van der Waals surface area (Å²) in [6.45, 7) is 6.10. The number of carbonyl (C=O) groups excluding carboxylic acids is 2. The van der Waals surface area contributed by atoms with Crippen LogP contribution in [0.1, 0.15) is 37.6 Å². The number of alkyl halides is 1. The number of Topliss-reactive ketones (excluding diaryl/α,β-unsaturated/α-hetero) is 1. The number of halogens is 1. The van der Waals surface area contributed by atoms with Gasteiger partial charge in [-0.25, -0.2) is 9.18 Å². The molecule has 5 nitrogen and oxygen atoms in total. The highest BCUT2D eigenvalue weighted by atomic mass is 19.1. The number of hydrogen-bond donors (Lipinski definition) is 0. The van der Waals surface area contributed by atoms with Crippen molar-refractivity contribution in [3.05, 3.63) is 23.8 Å². The Balaban J connectivity index is 3.02. The average molecular weight is 312 g/mol. The molecule has 0 heterocycles. The van der Waals surface area contributed by atoms with Gasteiger partial charge in [-0.15, -0.1) is 0 Å². The second-order valence-corrected chi connectivity index (χ2v) is 4.42. The molecule has 0 bridgehead atoms. The van der Waals surface area contributed by atoms with Crippen molar-refractivity contribution in [3.63, 3.8) is 0 Å². The van der Waals surface area contributed by atoms with E-state index in [4.69, 9.17) is 9.47 Å². The summed E-state index contributed by atoms with van der Waals surface area (Å²) in [7, 11) is 0. The minimum absolute atomic E-state index is 0.0336. The topological polar surface area (TPSA) is 61.8 Å². The van der Waals surface area contributed by atoms with Crippen molar-refractivity contribution in [2.45, 2.75) is 33.4 Å². The zero-order valence-corrected chi connectivity index (χ0v) is 13.1. The number of hydrogen-bond acceptors (Lipinski definition) is 5. The van der Waals surface area contributed by atoms with E-state index in [2.05, 4.69) is 4.74 Å². The Morgan fingerprint density at radius 3 is 2.41 bits per heavy atom. The van der Waals surface area contributed by atoms with Crippen LogP contribution in [0.15, 0.2) is 18.2 Å². The molecule has 0 aliphatic carbocycles. The lowest BCUT2D eigenvalue weighted by atomic mass is 10.1. The molecule has 1 aromatic carbocycles. The van der Waals surface area contributed by atoms with E-state index in [1.807, 2.05) is 0 Å². The van der Waals surface area contributed by atoms with Gasteiger partial charge < -0.3 is 14.2 Å². The second-order valence-electron chi connectivity index (χ2n) is 4.42.